The van der Waals surface area contributed by atoms with Gasteiger partial charge in [-0.3, -0.25) is 9.89 Å². The van der Waals surface area contributed by atoms with E-state index >= 15 is 0 Å². The predicted octanol–water partition coefficient (Wildman–Crippen LogP) is 1.62. The maximum atomic E-state index is 12.5. The van der Waals surface area contributed by atoms with Crippen molar-refractivity contribution in [3.8, 4) is 6.07 Å². The van der Waals surface area contributed by atoms with Crippen LogP contribution >= 0.6 is 0 Å². The summed E-state index contributed by atoms with van der Waals surface area (Å²) in [4.78, 5) is 29.7. The van der Waals surface area contributed by atoms with Crippen LogP contribution in [-0.4, -0.2) is 48.9 Å². The molecule has 0 saturated carbocycles. The number of benzene rings is 1. The van der Waals surface area contributed by atoms with Crippen LogP contribution in [-0.2, 0) is 0 Å². The van der Waals surface area contributed by atoms with Gasteiger partial charge in [-0.25, -0.2) is 4.79 Å². The van der Waals surface area contributed by atoms with Gasteiger partial charge in [0.2, 0.25) is 0 Å². The molecular weight excluding hydrogens is 332 g/mol. The monoisotopic (exact) mass is 350 g/mol. The summed E-state index contributed by atoms with van der Waals surface area (Å²) in [7, 11) is 6.85. The summed E-state index contributed by atoms with van der Waals surface area (Å²) >= 11 is 0. The van der Waals surface area contributed by atoms with Gasteiger partial charge in [0.1, 0.15) is 11.8 Å². The molecule has 0 fully saturated rings. The second-order valence-corrected chi connectivity index (χ2v) is 6.05. The second kappa shape index (κ2) is 6.31. The maximum absolute atomic E-state index is 12.5. The Labute approximate surface area is 150 Å². The van der Waals surface area contributed by atoms with Crippen molar-refractivity contribution in [3.63, 3.8) is 0 Å². The fourth-order valence-corrected chi connectivity index (χ4v) is 2.82. The highest BCUT2D eigenvalue weighted by Gasteiger charge is 2.25. The van der Waals surface area contributed by atoms with Gasteiger partial charge in [0.05, 0.1) is 16.9 Å². The van der Waals surface area contributed by atoms with E-state index in [1.165, 1.54) is 25.1 Å². The molecule has 1 aromatic heterocycles. The number of amides is 1. The molecule has 0 unspecified atom stereocenters. The molecule has 0 bridgehead atoms. The second-order valence-electron chi connectivity index (χ2n) is 6.05. The maximum Gasteiger partial charge on any atom is 0.345 e. The fraction of sp³-hybridized carbons (Fsp3) is 0.222. The minimum atomic E-state index is -0.589. The van der Waals surface area contributed by atoms with Crippen molar-refractivity contribution in [2.24, 2.45) is 0 Å². The van der Waals surface area contributed by atoms with Crippen molar-refractivity contribution < 1.29 is 4.79 Å². The molecule has 0 spiro atoms. The van der Waals surface area contributed by atoms with Gasteiger partial charge in [0, 0.05) is 28.2 Å². The van der Waals surface area contributed by atoms with E-state index in [4.69, 9.17) is 0 Å². The number of nitrogens with one attached hydrogen (secondary N) is 1. The van der Waals surface area contributed by atoms with E-state index < -0.39 is 11.6 Å². The van der Waals surface area contributed by atoms with Crippen LogP contribution in [0.4, 0.5) is 16.2 Å². The predicted molar refractivity (Wildman–Crippen MR) is 99.0 cm³/mol. The number of para-hydroxylation sites is 2. The number of carbonyl (C=O) groups is 1. The van der Waals surface area contributed by atoms with E-state index in [1.807, 2.05) is 54.2 Å². The molecule has 0 radical (unpaired) electrons. The van der Waals surface area contributed by atoms with Crippen molar-refractivity contribution in [2.75, 3.05) is 38.0 Å². The normalized spacial score (nSPS) is 12.5. The van der Waals surface area contributed by atoms with Crippen LogP contribution in [0, 0.1) is 11.3 Å². The summed E-state index contributed by atoms with van der Waals surface area (Å²) in [6.45, 7) is 0. The number of rotatable bonds is 1. The Morgan fingerprint density at radius 3 is 2.27 bits per heavy atom. The molecule has 1 aliphatic heterocycles. The van der Waals surface area contributed by atoms with Gasteiger partial charge in [-0.2, -0.15) is 9.94 Å². The zero-order valence-electron chi connectivity index (χ0n) is 14.9. The lowest BCUT2D eigenvalue weighted by molar-refractivity contribution is 0.215. The summed E-state index contributed by atoms with van der Waals surface area (Å²) < 4.78 is 0.813. The topological polar surface area (TPSA) is 88.4 Å². The van der Waals surface area contributed by atoms with E-state index in [1.54, 1.807) is 0 Å². The summed E-state index contributed by atoms with van der Waals surface area (Å²) in [6, 6.07) is 9.22. The Balaban J connectivity index is 2.10. The first-order valence-electron chi connectivity index (χ1n) is 7.86. The first kappa shape index (κ1) is 17.1. The number of aromatic amines is 1. The van der Waals surface area contributed by atoms with Gasteiger partial charge in [-0.15, -0.1) is 0 Å². The highest BCUT2D eigenvalue weighted by atomic mass is 16.2. The van der Waals surface area contributed by atoms with Crippen LogP contribution in [0.1, 0.15) is 11.3 Å². The third kappa shape index (κ3) is 2.57. The molecule has 3 rings (SSSR count). The van der Waals surface area contributed by atoms with Crippen molar-refractivity contribution in [3.05, 3.63) is 57.4 Å². The molecule has 0 aliphatic carbocycles. The van der Waals surface area contributed by atoms with Gasteiger partial charge in [0.15, 0.2) is 5.82 Å². The first-order chi connectivity index (χ1) is 12.4. The average molecular weight is 350 g/mol. The molecular formula is C18H18N6O2. The number of nitrogens with zero attached hydrogens (tertiary/aromatic N) is 5. The third-order valence-corrected chi connectivity index (χ3v) is 4.20. The van der Waals surface area contributed by atoms with Crippen LogP contribution in [0.5, 0.6) is 0 Å². The van der Waals surface area contributed by atoms with Gasteiger partial charge < -0.3 is 14.7 Å². The zero-order chi connectivity index (χ0) is 19.0. The molecule has 0 atom stereocenters. The van der Waals surface area contributed by atoms with Crippen molar-refractivity contribution in [1.82, 2.24) is 14.7 Å². The van der Waals surface area contributed by atoms with E-state index in [2.05, 4.69) is 10.8 Å². The van der Waals surface area contributed by atoms with Crippen molar-refractivity contribution in [1.29, 1.82) is 5.26 Å². The van der Waals surface area contributed by atoms with Crippen LogP contribution < -0.4 is 15.4 Å². The number of anilines is 2. The molecule has 2 heterocycles. The smallest absolute Gasteiger partial charge is 0.329 e. The average Bonchev–Trinajstić information content (AvgIpc) is 3.08. The Bertz CT molecular complexity index is 1020. The van der Waals surface area contributed by atoms with Gasteiger partial charge in [-0.05, 0) is 18.2 Å². The van der Waals surface area contributed by atoms with Gasteiger partial charge >= 0.3 is 6.03 Å². The standard InChI is InChI=1S/C18H18N6O2/c1-21(2)18(26)24-17(25)12(13(11-19)20-24)9-10-16-22(3)14-7-5-6-8-15(14)23(16)4/h5-9,20H,1-4H3. The molecule has 1 aliphatic rings. The number of hydrogen-bond donors (Lipinski definition) is 1. The van der Waals surface area contributed by atoms with Crippen LogP contribution in [0.15, 0.2) is 40.6 Å². The number of aromatic nitrogens is 2. The molecule has 132 valence electrons. The minimum absolute atomic E-state index is 0.0131. The van der Waals surface area contributed by atoms with E-state index in [0.717, 1.165) is 21.9 Å². The third-order valence-electron chi connectivity index (χ3n) is 4.20. The van der Waals surface area contributed by atoms with Crippen molar-refractivity contribution in [2.45, 2.75) is 0 Å². The molecule has 0 saturated heterocycles. The summed E-state index contributed by atoms with van der Waals surface area (Å²) in [6.07, 6.45) is 1.44. The van der Waals surface area contributed by atoms with Crippen LogP contribution in [0.3, 0.4) is 0 Å². The number of carbonyl (C=O) groups excluding carboxylic acids is 1. The number of hydrogen-bond acceptors (Lipinski definition) is 5. The van der Waals surface area contributed by atoms with E-state index in [0.29, 0.717) is 0 Å². The Morgan fingerprint density at radius 2 is 1.77 bits per heavy atom. The Morgan fingerprint density at radius 1 is 1.19 bits per heavy atom. The summed E-state index contributed by atoms with van der Waals surface area (Å²) in [5.74, 6) is 0.723. The van der Waals surface area contributed by atoms with E-state index in [-0.39, 0.29) is 11.3 Å². The highest BCUT2D eigenvalue weighted by Crippen LogP contribution is 2.38. The largest absolute Gasteiger partial charge is 0.345 e. The number of nitriles is 1. The lowest BCUT2D eigenvalue weighted by atomic mass is 10.2. The van der Waals surface area contributed by atoms with Crippen LogP contribution in [0.2, 0.25) is 0 Å². The Hall–Kier alpha value is -3.69. The summed E-state index contributed by atoms with van der Waals surface area (Å²) in [5, 5.41) is 11.8. The molecule has 2 aromatic rings. The lowest BCUT2D eigenvalue weighted by Crippen LogP contribution is -2.34. The molecule has 26 heavy (non-hydrogen) atoms. The Kier molecular flexibility index (Phi) is 4.16. The van der Waals surface area contributed by atoms with Gasteiger partial charge in [-0.1, -0.05) is 17.9 Å². The molecule has 8 heteroatoms. The SMILES string of the molecule is CN(C)C(=O)n1[nH]c(C#N)c(C=C=C2N(C)c3ccccc3N2C)c1=O. The summed E-state index contributed by atoms with van der Waals surface area (Å²) in [5.41, 5.74) is 4.62. The quantitative estimate of drug-likeness (QED) is 0.790. The fourth-order valence-electron chi connectivity index (χ4n) is 2.82. The first-order valence-corrected chi connectivity index (χ1v) is 7.86. The highest BCUT2D eigenvalue weighted by molar-refractivity contribution is 5.82. The van der Waals surface area contributed by atoms with Crippen LogP contribution in [0.25, 0.3) is 6.08 Å². The minimum Gasteiger partial charge on any atom is -0.329 e. The number of H-pyrrole nitrogens is 1. The van der Waals surface area contributed by atoms with Gasteiger partial charge in [0.25, 0.3) is 5.56 Å². The lowest BCUT2D eigenvalue weighted by Gasteiger charge is -2.15. The number of fused-ring (bicyclic) bond motifs is 1. The molecule has 8 nitrogen and oxygen atoms in total. The molecule has 1 aromatic carbocycles. The molecule has 1 amide bonds. The van der Waals surface area contributed by atoms with Crippen molar-refractivity contribution >= 4 is 23.5 Å². The van der Waals surface area contributed by atoms with E-state index in [9.17, 15) is 14.9 Å². The zero-order valence-corrected chi connectivity index (χ0v) is 14.9. The molecule has 1 N–H and O–H groups in total.